The van der Waals surface area contributed by atoms with Gasteiger partial charge in [0.15, 0.2) is 0 Å². The number of alkyl halides is 3. The lowest BCUT2D eigenvalue weighted by molar-refractivity contribution is -0.249. The smallest absolute Gasteiger partial charge is 0.373 e. The van der Waals surface area contributed by atoms with Crippen molar-refractivity contribution in [3.8, 4) is 0 Å². The van der Waals surface area contributed by atoms with Gasteiger partial charge >= 0.3 is 6.30 Å². The van der Waals surface area contributed by atoms with E-state index in [1.165, 1.54) is 6.07 Å². The van der Waals surface area contributed by atoms with Gasteiger partial charge in [-0.2, -0.15) is 13.2 Å². The number of benzene rings is 3. The molecule has 0 radical (unpaired) electrons. The first-order valence-electron chi connectivity index (χ1n) is 11.7. The van der Waals surface area contributed by atoms with Gasteiger partial charge in [-0.25, -0.2) is 18.5 Å². The lowest BCUT2D eigenvalue weighted by Crippen LogP contribution is -2.57. The molecule has 1 aliphatic rings. The highest BCUT2D eigenvalue weighted by Crippen LogP contribution is 2.35. The second-order valence-electron chi connectivity index (χ2n) is 8.79. The van der Waals surface area contributed by atoms with Crippen molar-refractivity contribution in [3.63, 3.8) is 0 Å². The summed E-state index contributed by atoms with van der Waals surface area (Å²) in [5.41, 5.74) is 2.76. The van der Waals surface area contributed by atoms with Crippen molar-refractivity contribution in [2.45, 2.75) is 36.6 Å². The van der Waals surface area contributed by atoms with Crippen molar-refractivity contribution in [1.82, 2.24) is 4.90 Å². The number of sulfonamides is 1. The molecule has 1 atom stereocenters. The highest BCUT2D eigenvalue weighted by Gasteiger charge is 2.41. The normalized spacial score (nSPS) is 17.4. The molecule has 1 unspecified atom stereocenters. The highest BCUT2D eigenvalue weighted by molar-refractivity contribution is 7.89. The highest BCUT2D eigenvalue weighted by atomic mass is 32.2. The zero-order valence-electron chi connectivity index (χ0n) is 19.8. The van der Waals surface area contributed by atoms with E-state index in [0.717, 1.165) is 11.1 Å². The van der Waals surface area contributed by atoms with Crippen LogP contribution in [0.5, 0.6) is 0 Å². The van der Waals surface area contributed by atoms with Crippen LogP contribution in [0.2, 0.25) is 0 Å². The summed E-state index contributed by atoms with van der Waals surface area (Å²) < 4.78 is 64.9. The molecule has 1 fully saturated rings. The molecule has 1 heterocycles. The number of hydrogen-bond donors (Lipinski definition) is 2. The van der Waals surface area contributed by atoms with Gasteiger partial charge in [0.2, 0.25) is 10.0 Å². The fourth-order valence-corrected chi connectivity index (χ4v) is 5.32. The molecule has 0 amide bonds. The van der Waals surface area contributed by atoms with E-state index in [1.807, 2.05) is 72.5 Å². The van der Waals surface area contributed by atoms with E-state index in [9.17, 15) is 21.6 Å². The van der Waals surface area contributed by atoms with Crippen LogP contribution in [0.3, 0.4) is 0 Å². The summed E-state index contributed by atoms with van der Waals surface area (Å²) in [6.45, 7) is 1.68. The lowest BCUT2D eigenvalue weighted by Gasteiger charge is -2.43. The van der Waals surface area contributed by atoms with Crippen molar-refractivity contribution in [1.29, 1.82) is 0 Å². The van der Waals surface area contributed by atoms with E-state index in [0.29, 0.717) is 22.7 Å². The maximum atomic E-state index is 13.3. The first-order valence-corrected chi connectivity index (χ1v) is 13.2. The predicted octanol–water partition coefficient (Wildman–Crippen LogP) is 4.96. The molecule has 1 saturated heterocycles. The van der Waals surface area contributed by atoms with Gasteiger partial charge in [-0.1, -0.05) is 67.6 Å². The minimum Gasteiger partial charge on any atom is -0.373 e. The predicted molar refractivity (Wildman–Crippen MR) is 135 cm³/mol. The molecular weight excluding hydrogens is 489 g/mol. The number of rotatable bonds is 7. The van der Waals surface area contributed by atoms with Gasteiger partial charge in [-0.3, -0.25) is 0 Å². The van der Waals surface area contributed by atoms with Crippen LogP contribution in [0.15, 0.2) is 83.8 Å². The Morgan fingerprint density at radius 3 is 2.06 bits per heavy atom. The molecule has 36 heavy (non-hydrogen) atoms. The van der Waals surface area contributed by atoms with E-state index >= 15 is 0 Å². The summed E-state index contributed by atoms with van der Waals surface area (Å²) in [6, 6.07) is 23.1. The standard InChI is InChI=1S/C26H29F3N4O2S/c1-2-21-18-32(26(27,28)29)15-16-33(21)22-13-14-24(36(30,34)35)23(17-22)31-25(19-9-5-3-6-10-19)20-11-7-4-8-12-20/h3-14,17,21,25,31H,2,15-16,18H2,1H3,(H2,30,34,35). The second kappa shape index (κ2) is 10.5. The van der Waals surface area contributed by atoms with E-state index in [2.05, 4.69) is 5.32 Å². The van der Waals surface area contributed by atoms with Crippen LogP contribution >= 0.6 is 0 Å². The van der Waals surface area contributed by atoms with E-state index in [4.69, 9.17) is 5.14 Å². The summed E-state index contributed by atoms with van der Waals surface area (Å²) in [5.74, 6) is 0. The van der Waals surface area contributed by atoms with E-state index in [-0.39, 0.29) is 36.6 Å². The summed E-state index contributed by atoms with van der Waals surface area (Å²) >= 11 is 0. The van der Waals surface area contributed by atoms with Gasteiger partial charge in [0.1, 0.15) is 4.90 Å². The summed E-state index contributed by atoms with van der Waals surface area (Å²) in [4.78, 5) is 2.35. The molecule has 6 nitrogen and oxygen atoms in total. The van der Waals surface area contributed by atoms with E-state index in [1.54, 1.807) is 12.1 Å². The number of nitrogens with zero attached hydrogens (tertiary/aromatic N) is 2. The maximum Gasteiger partial charge on any atom is 0.460 e. The van der Waals surface area contributed by atoms with Crippen LogP contribution < -0.4 is 15.4 Å². The number of primary sulfonamides is 1. The third-order valence-electron chi connectivity index (χ3n) is 6.48. The third-order valence-corrected chi connectivity index (χ3v) is 7.45. The maximum absolute atomic E-state index is 13.3. The zero-order valence-corrected chi connectivity index (χ0v) is 20.6. The summed E-state index contributed by atoms with van der Waals surface area (Å²) in [5, 5.41) is 8.90. The van der Waals surface area contributed by atoms with Gasteiger partial charge < -0.3 is 10.2 Å². The Morgan fingerprint density at radius 1 is 0.972 bits per heavy atom. The Bertz CT molecular complexity index is 1230. The lowest BCUT2D eigenvalue weighted by atomic mass is 9.98. The van der Waals surface area contributed by atoms with Crippen molar-refractivity contribution >= 4 is 21.4 Å². The monoisotopic (exact) mass is 518 g/mol. The van der Waals surface area contributed by atoms with Gasteiger partial charge in [0, 0.05) is 31.4 Å². The summed E-state index contributed by atoms with van der Waals surface area (Å²) in [7, 11) is -4.08. The van der Waals surface area contributed by atoms with E-state index < -0.39 is 16.3 Å². The van der Waals surface area contributed by atoms with Gasteiger partial charge in [0.25, 0.3) is 0 Å². The fraction of sp³-hybridized carbons (Fsp3) is 0.308. The largest absolute Gasteiger partial charge is 0.460 e. The van der Waals surface area contributed by atoms with Gasteiger partial charge in [-0.05, 0) is 35.7 Å². The Morgan fingerprint density at radius 2 is 1.56 bits per heavy atom. The molecule has 0 saturated carbocycles. The molecule has 10 heteroatoms. The zero-order chi connectivity index (χ0) is 25.9. The van der Waals surface area contributed by atoms with Crippen molar-refractivity contribution in [2.24, 2.45) is 5.14 Å². The minimum atomic E-state index is -4.39. The molecule has 0 spiro atoms. The van der Waals surface area contributed by atoms with Gasteiger partial charge in [-0.15, -0.1) is 0 Å². The van der Waals surface area contributed by atoms with Crippen LogP contribution in [0.25, 0.3) is 0 Å². The molecule has 3 N–H and O–H groups in total. The first-order chi connectivity index (χ1) is 17.1. The van der Waals surface area contributed by atoms with Crippen LogP contribution in [-0.2, 0) is 10.0 Å². The second-order valence-corrected chi connectivity index (χ2v) is 10.3. The number of nitrogens with one attached hydrogen (secondary N) is 1. The Balaban J connectivity index is 1.74. The number of halogens is 3. The quantitative estimate of drug-likeness (QED) is 0.433. The average Bonchev–Trinajstić information content (AvgIpc) is 2.86. The molecule has 0 aromatic heterocycles. The van der Waals surface area contributed by atoms with Crippen LogP contribution in [0.1, 0.15) is 30.5 Å². The minimum absolute atomic E-state index is 0.0786. The average molecular weight is 519 g/mol. The topological polar surface area (TPSA) is 78.7 Å². The van der Waals surface area contributed by atoms with Crippen LogP contribution in [-0.4, -0.2) is 45.3 Å². The Hall–Kier alpha value is -3.08. The van der Waals surface area contributed by atoms with Crippen molar-refractivity contribution < 1.29 is 21.6 Å². The molecule has 0 aliphatic carbocycles. The third kappa shape index (κ3) is 5.83. The van der Waals surface area contributed by atoms with Crippen LogP contribution in [0, 0.1) is 0 Å². The molecule has 3 aromatic rings. The molecule has 3 aromatic carbocycles. The summed E-state index contributed by atoms with van der Waals surface area (Å²) in [6.07, 6.45) is -3.88. The molecule has 1 aliphatic heterocycles. The number of nitrogens with two attached hydrogens (primary N) is 1. The SMILES string of the molecule is CCC1CN(C(F)(F)F)CCN1c1ccc(S(N)(=O)=O)c(NC(c2ccccc2)c2ccccc2)c1. The Kier molecular flexibility index (Phi) is 7.58. The Labute approximate surface area is 209 Å². The van der Waals surface area contributed by atoms with Crippen LogP contribution in [0.4, 0.5) is 24.5 Å². The molecule has 4 rings (SSSR count). The number of anilines is 2. The van der Waals surface area contributed by atoms with Crippen molar-refractivity contribution in [3.05, 3.63) is 90.0 Å². The molecule has 192 valence electrons. The molecule has 0 bridgehead atoms. The van der Waals surface area contributed by atoms with Gasteiger partial charge in [0.05, 0.1) is 11.7 Å². The first kappa shape index (κ1) is 26.0. The molecular formula is C26H29F3N4O2S. The number of hydrogen-bond acceptors (Lipinski definition) is 5. The fourth-order valence-electron chi connectivity index (χ4n) is 4.64. The van der Waals surface area contributed by atoms with Crippen molar-refractivity contribution in [2.75, 3.05) is 29.9 Å². The number of piperazine rings is 1.